The summed E-state index contributed by atoms with van der Waals surface area (Å²) in [6, 6.07) is 5.62. The molecule has 0 aliphatic rings. The van der Waals surface area contributed by atoms with Crippen LogP contribution in [0.5, 0.6) is 5.75 Å². The minimum atomic E-state index is -0.275. The second-order valence-corrected chi connectivity index (χ2v) is 4.15. The van der Waals surface area contributed by atoms with E-state index in [4.69, 9.17) is 9.15 Å². The van der Waals surface area contributed by atoms with E-state index in [1.165, 1.54) is 7.05 Å². The number of nitrogens with two attached hydrogens (primary N) is 1. The highest BCUT2D eigenvalue weighted by Gasteiger charge is 2.08. The first kappa shape index (κ1) is 18.5. The second kappa shape index (κ2) is 8.61. The monoisotopic (exact) mass is 299 g/mol. The minimum Gasteiger partial charge on any atom is -0.493 e. The van der Waals surface area contributed by atoms with Gasteiger partial charge >= 0.3 is 5.63 Å². The van der Waals surface area contributed by atoms with Gasteiger partial charge in [-0.25, -0.2) is 4.79 Å². The average molecular weight is 300 g/mol. The average Bonchev–Trinajstić information content (AvgIpc) is 2.44. The molecule has 0 unspecified atom stereocenters. The maximum absolute atomic E-state index is 11.6. The number of hydrogen-bond donors (Lipinski definition) is 1. The molecule has 0 aliphatic heterocycles. The lowest BCUT2D eigenvalue weighted by atomic mass is 10.1. The lowest BCUT2D eigenvalue weighted by molar-refractivity contribution is 0.317. The highest BCUT2D eigenvalue weighted by atomic mass is 35.5. The number of fused-ring (bicyclic) bond motifs is 1. The van der Waals surface area contributed by atoms with Gasteiger partial charge in [-0.1, -0.05) is 6.92 Å². The molecular weight excluding hydrogens is 278 g/mol. The quantitative estimate of drug-likeness (QED) is 0.884. The van der Waals surface area contributed by atoms with Gasteiger partial charge in [0.2, 0.25) is 0 Å². The maximum atomic E-state index is 11.6. The molecule has 0 saturated heterocycles. The van der Waals surface area contributed by atoms with Crippen LogP contribution >= 0.6 is 12.4 Å². The Labute approximate surface area is 125 Å². The maximum Gasteiger partial charge on any atom is 0.339 e. The number of ether oxygens (including phenoxy) is 1. The fourth-order valence-corrected chi connectivity index (χ4v) is 1.74. The van der Waals surface area contributed by atoms with Crippen molar-refractivity contribution in [2.45, 2.75) is 27.2 Å². The predicted molar refractivity (Wildman–Crippen MR) is 85.1 cm³/mol. The number of rotatable bonds is 3. The van der Waals surface area contributed by atoms with Gasteiger partial charge in [-0.2, -0.15) is 0 Å². The van der Waals surface area contributed by atoms with Gasteiger partial charge in [-0.15, -0.1) is 12.4 Å². The molecule has 0 amide bonds. The number of aryl methyl sites for hydroxylation is 1. The molecule has 1 aromatic carbocycles. The van der Waals surface area contributed by atoms with Crippen LogP contribution in [0.3, 0.4) is 0 Å². The number of halogens is 1. The molecule has 2 aromatic rings. The van der Waals surface area contributed by atoms with Crippen LogP contribution in [-0.2, 0) is 0 Å². The second-order valence-electron chi connectivity index (χ2n) is 4.15. The third kappa shape index (κ3) is 3.99. The van der Waals surface area contributed by atoms with E-state index >= 15 is 0 Å². The van der Waals surface area contributed by atoms with Crippen LogP contribution in [0, 0.1) is 13.8 Å². The summed E-state index contributed by atoms with van der Waals surface area (Å²) in [5, 5.41) is 0.964. The van der Waals surface area contributed by atoms with Crippen molar-refractivity contribution in [1.82, 2.24) is 0 Å². The molecule has 0 aliphatic carbocycles. The first-order chi connectivity index (χ1) is 9.13. The van der Waals surface area contributed by atoms with Crippen LogP contribution in [0.15, 0.2) is 27.4 Å². The topological polar surface area (TPSA) is 65.5 Å². The summed E-state index contributed by atoms with van der Waals surface area (Å²) in [7, 11) is 1.50. The van der Waals surface area contributed by atoms with Crippen LogP contribution in [-0.4, -0.2) is 13.7 Å². The molecule has 0 fully saturated rings. The third-order valence-corrected chi connectivity index (χ3v) is 2.90. The van der Waals surface area contributed by atoms with E-state index in [1.54, 1.807) is 13.0 Å². The van der Waals surface area contributed by atoms with E-state index < -0.39 is 0 Å². The summed E-state index contributed by atoms with van der Waals surface area (Å²) in [6.45, 7) is 6.43. The van der Waals surface area contributed by atoms with Gasteiger partial charge in [-0.3, -0.25) is 0 Å². The van der Waals surface area contributed by atoms with Gasteiger partial charge < -0.3 is 14.9 Å². The first-order valence-electron chi connectivity index (χ1n) is 6.38. The van der Waals surface area contributed by atoms with Gasteiger partial charge in [0.15, 0.2) is 0 Å². The van der Waals surface area contributed by atoms with Crippen molar-refractivity contribution in [3.05, 3.63) is 39.7 Å². The Kier molecular flexibility index (Phi) is 7.96. The van der Waals surface area contributed by atoms with Crippen molar-refractivity contribution >= 4 is 23.4 Å². The van der Waals surface area contributed by atoms with E-state index in [0.717, 1.165) is 23.1 Å². The molecule has 1 aromatic heterocycles. The standard InChI is InChI=1S/C14H16O3.CH5N.ClH/c1-4-7-16-11-5-6-12-9(2)10(3)14(15)17-13(12)8-11;1-2;/h5-6,8H,4,7H2,1-3H3;2H2,1H3;1H. The zero-order chi connectivity index (χ0) is 14.4. The van der Waals surface area contributed by atoms with E-state index in [2.05, 4.69) is 12.7 Å². The van der Waals surface area contributed by atoms with E-state index in [9.17, 15) is 4.79 Å². The third-order valence-electron chi connectivity index (χ3n) is 2.90. The molecule has 0 saturated carbocycles. The van der Waals surface area contributed by atoms with Crippen molar-refractivity contribution in [1.29, 1.82) is 0 Å². The lowest BCUT2D eigenvalue weighted by Crippen LogP contribution is -2.05. The van der Waals surface area contributed by atoms with Crippen molar-refractivity contribution in [2.24, 2.45) is 5.73 Å². The highest BCUT2D eigenvalue weighted by molar-refractivity contribution is 5.85. The molecule has 1 heterocycles. The summed E-state index contributed by atoms with van der Waals surface area (Å²) in [5.74, 6) is 0.741. The molecule has 2 N–H and O–H groups in total. The molecule has 2 rings (SSSR count). The van der Waals surface area contributed by atoms with E-state index in [1.807, 2.05) is 19.1 Å². The van der Waals surface area contributed by atoms with Crippen molar-refractivity contribution in [3.63, 3.8) is 0 Å². The highest BCUT2D eigenvalue weighted by Crippen LogP contribution is 2.23. The molecule has 20 heavy (non-hydrogen) atoms. The summed E-state index contributed by atoms with van der Waals surface area (Å²) in [5.41, 5.74) is 6.45. The van der Waals surface area contributed by atoms with Gasteiger partial charge in [-0.05, 0) is 45.0 Å². The van der Waals surface area contributed by atoms with Gasteiger partial charge in [0.05, 0.1) is 6.61 Å². The van der Waals surface area contributed by atoms with Gasteiger partial charge in [0.1, 0.15) is 11.3 Å². The Morgan fingerprint density at radius 2 is 1.85 bits per heavy atom. The predicted octanol–water partition coefficient (Wildman–Crippen LogP) is 3.20. The smallest absolute Gasteiger partial charge is 0.339 e. The van der Waals surface area contributed by atoms with E-state index in [0.29, 0.717) is 17.8 Å². The Morgan fingerprint density at radius 1 is 1.20 bits per heavy atom. The first-order valence-corrected chi connectivity index (χ1v) is 6.38. The lowest BCUT2D eigenvalue weighted by Gasteiger charge is -2.07. The minimum absolute atomic E-state index is 0. The van der Waals surface area contributed by atoms with Crippen molar-refractivity contribution < 1.29 is 9.15 Å². The van der Waals surface area contributed by atoms with Gasteiger partial charge in [0.25, 0.3) is 0 Å². The van der Waals surface area contributed by atoms with Crippen LogP contribution in [0.1, 0.15) is 24.5 Å². The molecule has 112 valence electrons. The Balaban J connectivity index is 0.00000115. The van der Waals surface area contributed by atoms with Crippen LogP contribution in [0.25, 0.3) is 11.0 Å². The fourth-order valence-electron chi connectivity index (χ4n) is 1.74. The molecule has 0 spiro atoms. The normalized spacial score (nSPS) is 9.45. The molecule has 0 radical (unpaired) electrons. The Morgan fingerprint density at radius 3 is 2.45 bits per heavy atom. The van der Waals surface area contributed by atoms with Crippen molar-refractivity contribution in [2.75, 3.05) is 13.7 Å². The van der Waals surface area contributed by atoms with Crippen molar-refractivity contribution in [3.8, 4) is 5.75 Å². The summed E-state index contributed by atoms with van der Waals surface area (Å²) < 4.78 is 10.8. The largest absolute Gasteiger partial charge is 0.493 e. The zero-order valence-corrected chi connectivity index (χ0v) is 13.2. The summed E-state index contributed by atoms with van der Waals surface area (Å²) in [4.78, 5) is 11.6. The molecule has 5 heteroatoms. The summed E-state index contributed by atoms with van der Waals surface area (Å²) >= 11 is 0. The number of hydrogen-bond acceptors (Lipinski definition) is 4. The SMILES string of the molecule is CCCOc1ccc2c(C)c(C)c(=O)oc2c1.CN.Cl. The van der Waals surface area contributed by atoms with E-state index in [-0.39, 0.29) is 18.0 Å². The Hall–Kier alpha value is -1.52. The van der Waals surface area contributed by atoms with Gasteiger partial charge in [0, 0.05) is 17.0 Å². The van der Waals surface area contributed by atoms with Crippen LogP contribution in [0.2, 0.25) is 0 Å². The summed E-state index contributed by atoms with van der Waals surface area (Å²) in [6.07, 6.45) is 0.953. The Bertz CT molecular complexity index is 608. The van der Waals surface area contributed by atoms with Crippen LogP contribution < -0.4 is 16.1 Å². The molecule has 0 bridgehead atoms. The zero-order valence-electron chi connectivity index (χ0n) is 12.4. The fraction of sp³-hybridized carbons (Fsp3) is 0.400. The molecular formula is C15H22ClNO3. The molecule has 0 atom stereocenters. The number of benzene rings is 1. The van der Waals surface area contributed by atoms with Crippen LogP contribution in [0.4, 0.5) is 0 Å². The molecule has 4 nitrogen and oxygen atoms in total.